The lowest BCUT2D eigenvalue weighted by Crippen LogP contribution is -2.31. The quantitative estimate of drug-likeness (QED) is 0.554. The van der Waals surface area contributed by atoms with Gasteiger partial charge in [-0.15, -0.1) is 0 Å². The summed E-state index contributed by atoms with van der Waals surface area (Å²) in [6.45, 7) is 3.36. The van der Waals surface area contributed by atoms with E-state index in [0.717, 1.165) is 46.4 Å². The molecule has 0 aliphatic carbocycles. The van der Waals surface area contributed by atoms with Crippen LogP contribution in [0, 0.1) is 0 Å². The van der Waals surface area contributed by atoms with Gasteiger partial charge >= 0.3 is 0 Å². The molecule has 29 heavy (non-hydrogen) atoms. The second-order valence-corrected chi connectivity index (χ2v) is 7.38. The number of aromatic amines is 1. The van der Waals surface area contributed by atoms with Crippen LogP contribution in [0.3, 0.4) is 0 Å². The highest BCUT2D eigenvalue weighted by Crippen LogP contribution is 2.28. The number of aryl methyl sites for hydroxylation is 1. The van der Waals surface area contributed by atoms with Gasteiger partial charge in [0, 0.05) is 43.5 Å². The molecule has 1 amide bonds. The van der Waals surface area contributed by atoms with Crippen LogP contribution in [-0.2, 0) is 11.8 Å². The molecule has 1 saturated heterocycles. The minimum atomic E-state index is 0.163. The number of aromatic nitrogens is 6. The van der Waals surface area contributed by atoms with Crippen molar-refractivity contribution in [2.75, 3.05) is 18.4 Å². The summed E-state index contributed by atoms with van der Waals surface area (Å²) in [5.41, 5.74) is 3.48. The topological polar surface area (TPSA) is 105 Å². The first-order valence-corrected chi connectivity index (χ1v) is 9.79. The highest BCUT2D eigenvalue weighted by molar-refractivity contribution is 5.88. The first kappa shape index (κ1) is 17.6. The number of amides is 1. The van der Waals surface area contributed by atoms with E-state index in [1.165, 1.54) is 0 Å². The van der Waals surface area contributed by atoms with Gasteiger partial charge in [-0.05, 0) is 24.6 Å². The summed E-state index contributed by atoms with van der Waals surface area (Å²) in [4.78, 5) is 27.6. The molecule has 1 aromatic carbocycles. The second kappa shape index (κ2) is 6.84. The van der Waals surface area contributed by atoms with Crippen molar-refractivity contribution in [3.63, 3.8) is 0 Å². The average Bonchev–Trinajstić information content (AvgIpc) is 3.46. The zero-order chi connectivity index (χ0) is 20.0. The maximum atomic E-state index is 12.0. The molecular weight excluding hydrogens is 368 g/mol. The molecule has 5 rings (SSSR count). The van der Waals surface area contributed by atoms with Crippen molar-refractivity contribution in [3.8, 4) is 11.4 Å². The lowest BCUT2D eigenvalue weighted by Gasteiger charge is -2.16. The minimum Gasteiger partial charge on any atom is -0.364 e. The number of nitrogens with one attached hydrogen (secondary N) is 2. The number of fused-ring (bicyclic) bond motifs is 2. The third-order valence-corrected chi connectivity index (χ3v) is 5.54. The predicted octanol–water partition coefficient (Wildman–Crippen LogP) is 2.33. The Morgan fingerprint density at radius 2 is 2.24 bits per heavy atom. The van der Waals surface area contributed by atoms with Gasteiger partial charge in [0.1, 0.15) is 12.2 Å². The summed E-state index contributed by atoms with van der Waals surface area (Å²) in [6, 6.07) is 6.25. The summed E-state index contributed by atoms with van der Waals surface area (Å²) in [5.74, 6) is 1.72. The van der Waals surface area contributed by atoms with Crippen molar-refractivity contribution in [1.29, 1.82) is 0 Å². The highest BCUT2D eigenvalue weighted by Gasteiger charge is 2.26. The molecule has 148 valence electrons. The molecule has 9 heteroatoms. The van der Waals surface area contributed by atoms with Crippen LogP contribution in [0.5, 0.6) is 0 Å². The Kier molecular flexibility index (Phi) is 4.15. The minimum absolute atomic E-state index is 0.163. The van der Waals surface area contributed by atoms with Crippen LogP contribution in [0.1, 0.15) is 19.8 Å². The van der Waals surface area contributed by atoms with Gasteiger partial charge in [-0.2, -0.15) is 5.10 Å². The van der Waals surface area contributed by atoms with Gasteiger partial charge in [-0.3, -0.25) is 9.89 Å². The highest BCUT2D eigenvalue weighted by atomic mass is 16.2. The molecule has 4 aromatic rings. The lowest BCUT2D eigenvalue weighted by molar-refractivity contribution is -0.129. The van der Waals surface area contributed by atoms with Crippen LogP contribution in [0.2, 0.25) is 0 Å². The van der Waals surface area contributed by atoms with E-state index < -0.39 is 0 Å². The Morgan fingerprint density at radius 3 is 3.10 bits per heavy atom. The molecule has 1 fully saturated rings. The number of hydrogen-bond donors (Lipinski definition) is 2. The third-order valence-electron chi connectivity index (χ3n) is 5.54. The van der Waals surface area contributed by atoms with Crippen LogP contribution in [0.15, 0.2) is 30.7 Å². The maximum absolute atomic E-state index is 12.0. The number of benzene rings is 1. The first-order chi connectivity index (χ1) is 14.1. The van der Waals surface area contributed by atoms with Crippen LogP contribution >= 0.6 is 0 Å². The second-order valence-electron chi connectivity index (χ2n) is 7.38. The van der Waals surface area contributed by atoms with Crippen molar-refractivity contribution in [2.24, 2.45) is 7.05 Å². The van der Waals surface area contributed by atoms with E-state index in [0.29, 0.717) is 18.8 Å². The number of hydrogen-bond acceptors (Lipinski definition) is 6. The Balaban J connectivity index is 1.48. The summed E-state index contributed by atoms with van der Waals surface area (Å²) >= 11 is 0. The molecule has 1 atom stereocenters. The van der Waals surface area contributed by atoms with Gasteiger partial charge in [0.2, 0.25) is 5.91 Å². The van der Waals surface area contributed by atoms with Gasteiger partial charge in [-0.1, -0.05) is 6.92 Å². The summed E-state index contributed by atoms with van der Waals surface area (Å²) in [5, 5.41) is 11.6. The maximum Gasteiger partial charge on any atom is 0.222 e. The number of likely N-dealkylation sites (tertiary alicyclic amines) is 1. The van der Waals surface area contributed by atoms with Gasteiger partial charge in [0.25, 0.3) is 0 Å². The molecule has 2 N–H and O–H groups in total. The van der Waals surface area contributed by atoms with Gasteiger partial charge < -0.3 is 14.8 Å². The van der Waals surface area contributed by atoms with E-state index in [2.05, 4.69) is 31.5 Å². The van der Waals surface area contributed by atoms with Crippen molar-refractivity contribution < 1.29 is 4.79 Å². The van der Waals surface area contributed by atoms with E-state index in [-0.39, 0.29) is 11.9 Å². The fourth-order valence-corrected chi connectivity index (χ4v) is 3.97. The fraction of sp³-hybridized carbons (Fsp3) is 0.350. The van der Waals surface area contributed by atoms with Crippen LogP contribution < -0.4 is 5.32 Å². The molecule has 0 bridgehead atoms. The van der Waals surface area contributed by atoms with E-state index in [1.54, 1.807) is 12.5 Å². The average molecular weight is 390 g/mol. The Morgan fingerprint density at radius 1 is 1.34 bits per heavy atom. The number of rotatable bonds is 4. The monoisotopic (exact) mass is 390 g/mol. The standard InChI is InChI=1S/C20H22N8O/c1-3-16(29)28-7-6-14(10-28)24-18-17-20(22-11-21-18)27(2)19(25-17)12-4-5-15-13(8-12)9-23-26-15/h4-5,8-9,11,14H,3,6-7,10H2,1-2H3,(H,23,26)(H,21,22,24). The molecule has 1 unspecified atom stereocenters. The molecule has 0 saturated carbocycles. The number of nitrogens with zero attached hydrogens (tertiary/aromatic N) is 6. The van der Waals surface area contributed by atoms with Gasteiger partial charge in [0.05, 0.1) is 11.7 Å². The van der Waals surface area contributed by atoms with Crippen LogP contribution in [0.4, 0.5) is 5.82 Å². The van der Waals surface area contributed by atoms with Crippen LogP contribution in [0.25, 0.3) is 33.5 Å². The molecule has 0 spiro atoms. The fourth-order valence-electron chi connectivity index (χ4n) is 3.97. The molecule has 1 aliphatic heterocycles. The molecular formula is C20H22N8O. The number of carbonyl (C=O) groups is 1. The number of anilines is 1. The Bertz CT molecular complexity index is 1210. The zero-order valence-corrected chi connectivity index (χ0v) is 16.4. The van der Waals surface area contributed by atoms with E-state index in [4.69, 9.17) is 4.98 Å². The lowest BCUT2D eigenvalue weighted by atomic mass is 10.1. The summed E-state index contributed by atoms with van der Waals surface area (Å²) < 4.78 is 1.98. The largest absolute Gasteiger partial charge is 0.364 e. The smallest absolute Gasteiger partial charge is 0.222 e. The van der Waals surface area contributed by atoms with E-state index in [1.807, 2.05) is 35.6 Å². The van der Waals surface area contributed by atoms with Gasteiger partial charge in [0.15, 0.2) is 17.0 Å². The predicted molar refractivity (Wildman–Crippen MR) is 110 cm³/mol. The molecule has 9 nitrogen and oxygen atoms in total. The van der Waals surface area contributed by atoms with Crippen molar-refractivity contribution in [1.82, 2.24) is 34.6 Å². The van der Waals surface area contributed by atoms with E-state index >= 15 is 0 Å². The SMILES string of the molecule is CCC(=O)N1CCC(Nc2ncnc3c2nc(-c2ccc4[nH]ncc4c2)n3C)C1. The number of imidazole rings is 1. The number of carbonyl (C=O) groups excluding carboxylic acids is 1. The Labute approximate surface area is 167 Å². The molecule has 0 radical (unpaired) electrons. The number of H-pyrrole nitrogens is 1. The van der Waals surface area contributed by atoms with Crippen molar-refractivity contribution in [3.05, 3.63) is 30.7 Å². The summed E-state index contributed by atoms with van der Waals surface area (Å²) in [7, 11) is 1.96. The summed E-state index contributed by atoms with van der Waals surface area (Å²) in [6.07, 6.45) is 4.79. The van der Waals surface area contributed by atoms with E-state index in [9.17, 15) is 4.79 Å². The molecule has 4 heterocycles. The van der Waals surface area contributed by atoms with Gasteiger partial charge in [-0.25, -0.2) is 15.0 Å². The molecule has 3 aromatic heterocycles. The Hall–Kier alpha value is -3.49. The normalized spacial score (nSPS) is 16.8. The zero-order valence-electron chi connectivity index (χ0n) is 16.4. The molecule has 1 aliphatic rings. The first-order valence-electron chi connectivity index (χ1n) is 9.79. The van der Waals surface area contributed by atoms with Crippen molar-refractivity contribution in [2.45, 2.75) is 25.8 Å². The van der Waals surface area contributed by atoms with Crippen molar-refractivity contribution >= 4 is 33.8 Å². The van der Waals surface area contributed by atoms with Crippen LogP contribution in [-0.4, -0.2) is 59.7 Å². The third kappa shape index (κ3) is 2.98.